The molecule has 3 rings (SSSR count). The zero-order valence-corrected chi connectivity index (χ0v) is 13.3. The molecule has 0 spiro atoms. The maximum absolute atomic E-state index is 13.0. The van der Waals surface area contributed by atoms with Crippen molar-refractivity contribution in [1.82, 2.24) is 4.98 Å². The van der Waals surface area contributed by atoms with E-state index in [9.17, 15) is 9.65 Å². The molecule has 0 fully saturated rings. The van der Waals surface area contributed by atoms with Crippen LogP contribution in [0.5, 0.6) is 0 Å². The van der Waals surface area contributed by atoms with Gasteiger partial charge in [-0.1, -0.05) is 18.2 Å². The summed E-state index contributed by atoms with van der Waals surface area (Å²) in [4.78, 5) is 6.69. The third kappa shape index (κ3) is 3.09. The molecule has 3 nitrogen and oxygen atoms in total. The van der Waals surface area contributed by atoms with Crippen molar-refractivity contribution >= 4 is 11.4 Å². The molecular formula is C19H18FN3. The molecule has 0 radical (unpaired) electrons. The molecule has 0 saturated carbocycles. The summed E-state index contributed by atoms with van der Waals surface area (Å²) in [5, 5.41) is 9.41. The van der Waals surface area contributed by atoms with Crippen LogP contribution in [-0.2, 0) is 0 Å². The highest BCUT2D eigenvalue weighted by molar-refractivity contribution is 5.69. The molecule has 1 aromatic carbocycles. The molecule has 0 unspecified atom stereocenters. The van der Waals surface area contributed by atoms with Crippen molar-refractivity contribution in [2.24, 2.45) is 0 Å². The second-order valence-electron chi connectivity index (χ2n) is 5.82. The number of anilines is 1. The number of nitrogens with zero attached hydrogens (tertiary/aromatic N) is 3. The van der Waals surface area contributed by atoms with Gasteiger partial charge in [-0.25, -0.2) is 9.37 Å². The SMILES string of the molecule is Cc1cc(C)c(C#N)c(N2CC=C(c3ccc(F)cc3)CC2)n1. The first-order chi connectivity index (χ1) is 11.1. The lowest BCUT2D eigenvalue weighted by atomic mass is 9.99. The maximum Gasteiger partial charge on any atom is 0.147 e. The Morgan fingerprint density at radius 3 is 2.57 bits per heavy atom. The third-order valence-corrected chi connectivity index (χ3v) is 4.16. The predicted molar refractivity (Wildman–Crippen MR) is 89.6 cm³/mol. The Hall–Kier alpha value is -2.67. The Morgan fingerprint density at radius 1 is 1.22 bits per heavy atom. The smallest absolute Gasteiger partial charge is 0.147 e. The van der Waals surface area contributed by atoms with E-state index in [1.807, 2.05) is 32.0 Å². The van der Waals surface area contributed by atoms with E-state index in [1.165, 1.54) is 17.7 Å². The Balaban J connectivity index is 1.87. The fourth-order valence-corrected chi connectivity index (χ4v) is 2.97. The highest BCUT2D eigenvalue weighted by Crippen LogP contribution is 2.28. The molecule has 0 atom stereocenters. The normalized spacial score (nSPS) is 14.3. The number of rotatable bonds is 2. The summed E-state index contributed by atoms with van der Waals surface area (Å²) in [6.07, 6.45) is 2.99. The summed E-state index contributed by atoms with van der Waals surface area (Å²) in [5.74, 6) is 0.546. The average molecular weight is 307 g/mol. The van der Waals surface area contributed by atoms with Crippen molar-refractivity contribution < 1.29 is 4.39 Å². The van der Waals surface area contributed by atoms with Crippen molar-refractivity contribution in [3.05, 3.63) is 64.6 Å². The van der Waals surface area contributed by atoms with Crippen molar-refractivity contribution in [2.75, 3.05) is 18.0 Å². The van der Waals surface area contributed by atoms with Crippen molar-refractivity contribution in [1.29, 1.82) is 5.26 Å². The van der Waals surface area contributed by atoms with E-state index >= 15 is 0 Å². The highest BCUT2D eigenvalue weighted by Gasteiger charge is 2.19. The topological polar surface area (TPSA) is 39.9 Å². The fourth-order valence-electron chi connectivity index (χ4n) is 2.97. The van der Waals surface area contributed by atoms with Crippen LogP contribution >= 0.6 is 0 Å². The molecule has 1 aromatic heterocycles. The van der Waals surface area contributed by atoms with Gasteiger partial charge in [-0.15, -0.1) is 0 Å². The summed E-state index contributed by atoms with van der Waals surface area (Å²) in [7, 11) is 0. The van der Waals surface area contributed by atoms with Gasteiger partial charge in [0, 0.05) is 18.8 Å². The molecule has 1 aliphatic heterocycles. The quantitative estimate of drug-likeness (QED) is 0.842. The average Bonchev–Trinajstić information content (AvgIpc) is 2.55. The van der Waals surface area contributed by atoms with Gasteiger partial charge in [-0.3, -0.25) is 0 Å². The second kappa shape index (κ2) is 6.21. The second-order valence-corrected chi connectivity index (χ2v) is 5.82. The predicted octanol–water partition coefficient (Wildman–Crippen LogP) is 4.00. The van der Waals surface area contributed by atoms with Crippen molar-refractivity contribution in [3.8, 4) is 6.07 Å². The summed E-state index contributed by atoms with van der Waals surface area (Å²) in [6, 6.07) is 10.8. The van der Waals surface area contributed by atoms with Gasteiger partial charge in [0.05, 0.1) is 5.56 Å². The summed E-state index contributed by atoms with van der Waals surface area (Å²) in [6.45, 7) is 5.40. The van der Waals surface area contributed by atoms with Crippen LogP contribution in [0.3, 0.4) is 0 Å². The van der Waals surface area contributed by atoms with Gasteiger partial charge in [0.15, 0.2) is 0 Å². The number of aryl methyl sites for hydroxylation is 2. The minimum atomic E-state index is -0.218. The summed E-state index contributed by atoms with van der Waals surface area (Å²) < 4.78 is 13.0. The number of benzene rings is 1. The first-order valence-corrected chi connectivity index (χ1v) is 7.67. The van der Waals surface area contributed by atoms with Gasteiger partial charge in [0.1, 0.15) is 17.7 Å². The van der Waals surface area contributed by atoms with E-state index in [0.717, 1.165) is 35.6 Å². The zero-order chi connectivity index (χ0) is 16.4. The minimum Gasteiger partial charge on any atom is -0.351 e. The van der Waals surface area contributed by atoms with Crippen LogP contribution in [-0.4, -0.2) is 18.1 Å². The van der Waals surface area contributed by atoms with Gasteiger partial charge in [-0.2, -0.15) is 5.26 Å². The molecule has 23 heavy (non-hydrogen) atoms. The molecule has 2 aromatic rings. The van der Waals surface area contributed by atoms with E-state index < -0.39 is 0 Å². The van der Waals surface area contributed by atoms with E-state index in [0.29, 0.717) is 12.1 Å². The van der Waals surface area contributed by atoms with Crippen molar-refractivity contribution in [2.45, 2.75) is 20.3 Å². The third-order valence-electron chi connectivity index (χ3n) is 4.16. The van der Waals surface area contributed by atoms with Gasteiger partial charge >= 0.3 is 0 Å². The Morgan fingerprint density at radius 2 is 1.96 bits per heavy atom. The molecule has 0 N–H and O–H groups in total. The van der Waals surface area contributed by atoms with Crippen LogP contribution in [0.15, 0.2) is 36.4 Å². The molecular weight excluding hydrogens is 289 g/mol. The molecule has 2 heterocycles. The minimum absolute atomic E-state index is 0.218. The first-order valence-electron chi connectivity index (χ1n) is 7.67. The Bertz CT molecular complexity index is 801. The molecule has 0 saturated heterocycles. The summed E-state index contributed by atoms with van der Waals surface area (Å²) in [5.41, 5.74) is 4.80. The number of pyridine rings is 1. The van der Waals surface area contributed by atoms with E-state index in [4.69, 9.17) is 0 Å². The Labute approximate surface area is 135 Å². The number of hydrogen-bond acceptors (Lipinski definition) is 3. The van der Waals surface area contributed by atoms with Gasteiger partial charge < -0.3 is 4.90 Å². The van der Waals surface area contributed by atoms with Crippen LogP contribution in [0.25, 0.3) is 5.57 Å². The summed E-state index contributed by atoms with van der Waals surface area (Å²) >= 11 is 0. The van der Waals surface area contributed by atoms with E-state index in [-0.39, 0.29) is 5.82 Å². The molecule has 116 valence electrons. The van der Waals surface area contributed by atoms with Crippen LogP contribution in [0.4, 0.5) is 10.2 Å². The molecule has 1 aliphatic rings. The first kappa shape index (κ1) is 15.2. The van der Waals surface area contributed by atoms with Crippen LogP contribution in [0.2, 0.25) is 0 Å². The number of halogens is 1. The highest BCUT2D eigenvalue weighted by atomic mass is 19.1. The lowest BCUT2D eigenvalue weighted by molar-refractivity contribution is 0.627. The molecule has 0 bridgehead atoms. The van der Waals surface area contributed by atoms with Crippen LogP contribution < -0.4 is 4.90 Å². The number of nitriles is 1. The van der Waals surface area contributed by atoms with Crippen LogP contribution in [0, 0.1) is 31.0 Å². The maximum atomic E-state index is 13.0. The number of aromatic nitrogens is 1. The molecule has 0 amide bonds. The van der Waals surface area contributed by atoms with Crippen LogP contribution in [0.1, 0.15) is 28.8 Å². The zero-order valence-electron chi connectivity index (χ0n) is 13.3. The fraction of sp³-hybridized carbons (Fsp3) is 0.263. The van der Waals surface area contributed by atoms with Gasteiger partial charge in [0.25, 0.3) is 0 Å². The van der Waals surface area contributed by atoms with Gasteiger partial charge in [0.2, 0.25) is 0 Å². The standard InChI is InChI=1S/C19H18FN3/c1-13-11-14(2)22-19(18(13)12-21)23-9-7-16(8-10-23)15-3-5-17(20)6-4-15/h3-7,11H,8-10H2,1-2H3. The lowest BCUT2D eigenvalue weighted by Crippen LogP contribution is -2.30. The molecule has 4 heteroatoms. The van der Waals surface area contributed by atoms with Crippen molar-refractivity contribution in [3.63, 3.8) is 0 Å². The number of hydrogen-bond donors (Lipinski definition) is 0. The Kier molecular flexibility index (Phi) is 4.12. The van der Waals surface area contributed by atoms with E-state index in [2.05, 4.69) is 22.0 Å². The van der Waals surface area contributed by atoms with E-state index in [1.54, 1.807) is 0 Å². The molecule has 0 aliphatic carbocycles. The monoisotopic (exact) mass is 307 g/mol. The van der Waals surface area contributed by atoms with Gasteiger partial charge in [-0.05, 0) is 55.2 Å². The largest absolute Gasteiger partial charge is 0.351 e. The lowest BCUT2D eigenvalue weighted by Gasteiger charge is -2.29.